The summed E-state index contributed by atoms with van der Waals surface area (Å²) in [5.41, 5.74) is 0. The Hall–Kier alpha value is -0.210. The van der Waals surface area contributed by atoms with Gasteiger partial charge in [-0.3, -0.25) is 0 Å². The fourth-order valence-electron chi connectivity index (χ4n) is 2.18. The molecule has 6 nitrogen and oxygen atoms in total. The van der Waals surface area contributed by atoms with Gasteiger partial charge in [0, 0.05) is 26.2 Å². The summed E-state index contributed by atoms with van der Waals surface area (Å²) >= 11 is 0. The Bertz CT molecular complexity index is 356. The summed E-state index contributed by atoms with van der Waals surface area (Å²) < 4.78 is 33.7. The van der Waals surface area contributed by atoms with Crippen LogP contribution in [0.15, 0.2) is 0 Å². The molecule has 20 heavy (non-hydrogen) atoms. The van der Waals surface area contributed by atoms with Crippen molar-refractivity contribution in [2.75, 3.05) is 33.3 Å². The van der Waals surface area contributed by atoms with Crippen molar-refractivity contribution < 1.29 is 13.2 Å². The molecule has 0 spiro atoms. The first kappa shape index (κ1) is 17.8. The number of ether oxygens (including phenoxy) is 1. The maximum atomic E-state index is 12.1. The zero-order valence-corrected chi connectivity index (χ0v) is 13.7. The van der Waals surface area contributed by atoms with Gasteiger partial charge in [0.1, 0.15) is 0 Å². The predicted molar refractivity (Wildman–Crippen MR) is 80.9 cm³/mol. The third-order valence-corrected chi connectivity index (χ3v) is 5.11. The van der Waals surface area contributed by atoms with Gasteiger partial charge in [0.25, 0.3) is 10.2 Å². The van der Waals surface area contributed by atoms with Crippen LogP contribution in [0.25, 0.3) is 0 Å². The summed E-state index contributed by atoms with van der Waals surface area (Å²) in [6, 6.07) is 0.0252. The largest absolute Gasteiger partial charge is 0.378 e. The molecule has 0 unspecified atom stereocenters. The molecule has 1 rings (SSSR count). The zero-order valence-electron chi connectivity index (χ0n) is 12.9. The van der Waals surface area contributed by atoms with Crippen molar-refractivity contribution in [1.82, 2.24) is 14.3 Å². The van der Waals surface area contributed by atoms with E-state index in [1.54, 1.807) is 7.05 Å². The summed E-state index contributed by atoms with van der Waals surface area (Å²) in [5, 5.41) is 3.27. The number of rotatable bonds is 11. The van der Waals surface area contributed by atoms with E-state index in [9.17, 15) is 8.42 Å². The Morgan fingerprint density at radius 3 is 2.55 bits per heavy atom. The average Bonchev–Trinajstić information content (AvgIpc) is 2.35. The van der Waals surface area contributed by atoms with Gasteiger partial charge in [-0.05, 0) is 45.7 Å². The van der Waals surface area contributed by atoms with Crippen LogP contribution in [0.3, 0.4) is 0 Å². The lowest BCUT2D eigenvalue weighted by atomic mass is 9.90. The van der Waals surface area contributed by atoms with Crippen LogP contribution in [0.2, 0.25) is 0 Å². The predicted octanol–water partition coefficient (Wildman–Crippen LogP) is 0.710. The van der Waals surface area contributed by atoms with Crippen molar-refractivity contribution in [2.45, 2.75) is 51.7 Å². The SMILES string of the molecule is CCCNCCCN(C)S(=O)(=O)NC1CC(OCC)C1. The highest BCUT2D eigenvalue weighted by Gasteiger charge is 2.33. The standard InChI is InChI=1S/C13H29N3O3S/c1-4-7-14-8-6-9-16(3)20(17,18)15-12-10-13(11-12)19-5-2/h12-15H,4-11H2,1-3H3. The number of nitrogens with one attached hydrogen (secondary N) is 2. The summed E-state index contributed by atoms with van der Waals surface area (Å²) in [7, 11) is -1.73. The number of hydrogen-bond donors (Lipinski definition) is 2. The summed E-state index contributed by atoms with van der Waals surface area (Å²) in [4.78, 5) is 0. The Kier molecular flexibility index (Phi) is 7.98. The van der Waals surface area contributed by atoms with Gasteiger partial charge in [-0.1, -0.05) is 6.92 Å². The molecule has 0 atom stereocenters. The van der Waals surface area contributed by atoms with Crippen LogP contribution in [-0.2, 0) is 14.9 Å². The molecule has 1 saturated carbocycles. The maximum Gasteiger partial charge on any atom is 0.279 e. The molecule has 0 radical (unpaired) electrons. The average molecular weight is 307 g/mol. The minimum absolute atomic E-state index is 0.0252. The number of hydrogen-bond acceptors (Lipinski definition) is 4. The van der Waals surface area contributed by atoms with E-state index in [0.717, 1.165) is 38.8 Å². The van der Waals surface area contributed by atoms with Crippen molar-refractivity contribution >= 4 is 10.2 Å². The van der Waals surface area contributed by atoms with Crippen molar-refractivity contribution in [3.05, 3.63) is 0 Å². The molecule has 120 valence electrons. The monoisotopic (exact) mass is 307 g/mol. The van der Waals surface area contributed by atoms with Crippen molar-refractivity contribution in [3.8, 4) is 0 Å². The zero-order chi connectivity index (χ0) is 15.0. The van der Waals surface area contributed by atoms with Gasteiger partial charge >= 0.3 is 0 Å². The molecule has 0 bridgehead atoms. The molecule has 1 fully saturated rings. The fourth-order valence-corrected chi connectivity index (χ4v) is 3.35. The molecule has 0 heterocycles. The highest BCUT2D eigenvalue weighted by Crippen LogP contribution is 2.24. The van der Waals surface area contributed by atoms with Gasteiger partial charge in [-0.25, -0.2) is 0 Å². The smallest absolute Gasteiger partial charge is 0.279 e. The van der Waals surface area contributed by atoms with Crippen LogP contribution in [0, 0.1) is 0 Å². The number of nitrogens with zero attached hydrogens (tertiary/aromatic N) is 1. The van der Waals surface area contributed by atoms with Gasteiger partial charge in [0.05, 0.1) is 6.10 Å². The van der Waals surface area contributed by atoms with Crippen LogP contribution in [0.4, 0.5) is 0 Å². The lowest BCUT2D eigenvalue weighted by Gasteiger charge is -2.36. The van der Waals surface area contributed by atoms with Crippen molar-refractivity contribution in [2.24, 2.45) is 0 Å². The van der Waals surface area contributed by atoms with Gasteiger partial charge in [0.2, 0.25) is 0 Å². The minimum atomic E-state index is -3.35. The first-order valence-corrected chi connectivity index (χ1v) is 8.99. The molecule has 2 N–H and O–H groups in total. The second-order valence-electron chi connectivity index (χ2n) is 5.29. The van der Waals surface area contributed by atoms with E-state index in [1.807, 2.05) is 6.92 Å². The van der Waals surface area contributed by atoms with Gasteiger partial charge in [-0.2, -0.15) is 17.4 Å². The second kappa shape index (κ2) is 8.94. The minimum Gasteiger partial charge on any atom is -0.378 e. The third-order valence-electron chi connectivity index (χ3n) is 3.48. The van der Waals surface area contributed by atoms with E-state index in [2.05, 4.69) is 17.0 Å². The van der Waals surface area contributed by atoms with Crippen LogP contribution >= 0.6 is 0 Å². The molecular weight excluding hydrogens is 278 g/mol. The highest BCUT2D eigenvalue weighted by molar-refractivity contribution is 7.87. The molecule has 1 aliphatic rings. The van der Waals surface area contributed by atoms with E-state index in [-0.39, 0.29) is 12.1 Å². The topological polar surface area (TPSA) is 70.7 Å². The first-order chi connectivity index (χ1) is 9.49. The van der Waals surface area contributed by atoms with E-state index in [1.165, 1.54) is 4.31 Å². The molecule has 1 aliphatic carbocycles. The second-order valence-corrected chi connectivity index (χ2v) is 7.10. The third kappa shape index (κ3) is 6.05. The molecule has 0 aromatic carbocycles. The molecule has 0 saturated heterocycles. The van der Waals surface area contributed by atoms with Crippen LogP contribution in [0.5, 0.6) is 0 Å². The summed E-state index contributed by atoms with van der Waals surface area (Å²) in [5.74, 6) is 0. The van der Waals surface area contributed by atoms with E-state index < -0.39 is 10.2 Å². The molecule has 0 amide bonds. The Morgan fingerprint density at radius 1 is 1.25 bits per heavy atom. The molecule has 0 aromatic heterocycles. The van der Waals surface area contributed by atoms with Gasteiger partial charge < -0.3 is 10.1 Å². The van der Waals surface area contributed by atoms with E-state index in [4.69, 9.17) is 4.74 Å². The quantitative estimate of drug-likeness (QED) is 0.552. The lowest BCUT2D eigenvalue weighted by molar-refractivity contribution is -0.00503. The molecule has 0 aromatic rings. The summed E-state index contributed by atoms with van der Waals surface area (Å²) in [6.07, 6.45) is 3.69. The van der Waals surface area contributed by atoms with Gasteiger partial charge in [-0.15, -0.1) is 0 Å². The molecular formula is C13H29N3O3S. The van der Waals surface area contributed by atoms with Crippen LogP contribution < -0.4 is 10.0 Å². The Morgan fingerprint density at radius 2 is 1.95 bits per heavy atom. The Balaban J connectivity index is 2.19. The van der Waals surface area contributed by atoms with Crippen molar-refractivity contribution in [1.29, 1.82) is 0 Å². The lowest BCUT2D eigenvalue weighted by Crippen LogP contribution is -2.51. The fraction of sp³-hybridized carbons (Fsp3) is 1.00. The summed E-state index contributed by atoms with van der Waals surface area (Å²) in [6.45, 7) is 7.13. The molecule has 7 heteroatoms. The van der Waals surface area contributed by atoms with Crippen LogP contribution in [0.1, 0.15) is 39.5 Å². The normalized spacial score (nSPS) is 23.0. The maximum absolute atomic E-state index is 12.1. The van der Waals surface area contributed by atoms with E-state index >= 15 is 0 Å². The first-order valence-electron chi connectivity index (χ1n) is 7.55. The van der Waals surface area contributed by atoms with Crippen molar-refractivity contribution in [3.63, 3.8) is 0 Å². The van der Waals surface area contributed by atoms with Gasteiger partial charge in [0.15, 0.2) is 0 Å². The van der Waals surface area contributed by atoms with Crippen LogP contribution in [-0.4, -0.2) is 58.2 Å². The molecule has 0 aliphatic heterocycles. The Labute approximate surface area is 123 Å². The highest BCUT2D eigenvalue weighted by atomic mass is 32.2. The van der Waals surface area contributed by atoms with E-state index in [0.29, 0.717) is 13.2 Å².